The van der Waals surface area contributed by atoms with Gasteiger partial charge in [-0.2, -0.15) is 0 Å². The molecule has 0 amide bonds. The Morgan fingerprint density at radius 2 is 2.05 bits per heavy atom. The van der Waals surface area contributed by atoms with Gasteiger partial charge in [0.05, 0.1) is 29.6 Å². The molecule has 1 atom stereocenters. The molecule has 0 spiro atoms. The van der Waals surface area contributed by atoms with Crippen molar-refractivity contribution in [2.75, 3.05) is 11.4 Å². The van der Waals surface area contributed by atoms with E-state index in [0.717, 1.165) is 9.18 Å². The first kappa shape index (κ1) is 16.1. The maximum Gasteiger partial charge on any atom is 0.337 e. The van der Waals surface area contributed by atoms with Crippen LogP contribution >= 0.6 is 27.3 Å². The fraction of sp³-hybridized carbons (Fsp3) is 0.167. The molecule has 2 rings (SSSR count). The maximum atomic E-state index is 11.5. The van der Waals surface area contributed by atoms with Crippen LogP contribution in [0.25, 0.3) is 0 Å². The van der Waals surface area contributed by atoms with E-state index >= 15 is 0 Å². The number of aromatic nitrogens is 1. The van der Waals surface area contributed by atoms with Crippen LogP contribution in [0.2, 0.25) is 0 Å². The molecule has 0 saturated heterocycles. The third kappa shape index (κ3) is 3.49. The Hall–Kier alpha value is -1.29. The second-order valence-electron chi connectivity index (χ2n) is 3.90. The molecule has 1 aromatic carbocycles. The molecule has 112 valence electrons. The van der Waals surface area contributed by atoms with Gasteiger partial charge >= 0.3 is 5.97 Å². The zero-order valence-corrected chi connectivity index (χ0v) is 14.3. The second kappa shape index (κ2) is 6.65. The monoisotopic (exact) mass is 389 g/mol. The number of anilines is 2. The fourth-order valence-electron chi connectivity index (χ4n) is 1.67. The Morgan fingerprint density at radius 3 is 2.48 bits per heavy atom. The predicted molar refractivity (Wildman–Crippen MR) is 83.4 cm³/mol. The van der Waals surface area contributed by atoms with Crippen LogP contribution in [0.15, 0.2) is 28.2 Å². The minimum absolute atomic E-state index is 0.325. The first-order valence-corrected chi connectivity index (χ1v) is 8.29. The van der Waals surface area contributed by atoms with Crippen LogP contribution in [-0.2, 0) is 16.0 Å². The van der Waals surface area contributed by atoms with Crippen LogP contribution < -0.4 is 4.31 Å². The van der Waals surface area contributed by atoms with E-state index in [1.165, 1.54) is 42.7 Å². The minimum Gasteiger partial charge on any atom is -0.755 e. The van der Waals surface area contributed by atoms with Gasteiger partial charge in [0.1, 0.15) is 0 Å². The summed E-state index contributed by atoms with van der Waals surface area (Å²) < 4.78 is 29.3. The molecule has 0 aliphatic heterocycles. The van der Waals surface area contributed by atoms with Gasteiger partial charge in [0.2, 0.25) is 0 Å². The molecular weight excluding hydrogens is 380 g/mol. The number of hydrogen-bond donors (Lipinski definition) is 0. The fourth-order valence-corrected chi connectivity index (χ4v) is 3.85. The Kier molecular flexibility index (Phi) is 5.09. The lowest BCUT2D eigenvalue weighted by Gasteiger charge is -2.25. The van der Waals surface area contributed by atoms with E-state index in [4.69, 9.17) is 0 Å². The summed E-state index contributed by atoms with van der Waals surface area (Å²) in [6, 6.07) is 6.04. The van der Waals surface area contributed by atoms with Crippen LogP contribution in [0.3, 0.4) is 0 Å². The highest BCUT2D eigenvalue weighted by Crippen LogP contribution is 2.34. The molecule has 9 heteroatoms. The molecule has 0 aliphatic rings. The van der Waals surface area contributed by atoms with Gasteiger partial charge in [-0.25, -0.2) is 9.78 Å². The van der Waals surface area contributed by atoms with Gasteiger partial charge in [-0.15, -0.1) is 11.3 Å². The standard InChI is InChI=1S/C12H11BrN2O4S2/c1-7-10(14-12(13)20-7)15(21(17)18)9-5-3-8(4-6-9)11(16)19-2/h3-6H,1-2H3,(H,17,18)/p-1. The Balaban J connectivity index is 2.42. The van der Waals surface area contributed by atoms with Gasteiger partial charge in [-0.05, 0) is 47.1 Å². The number of aryl methyl sites for hydroxylation is 1. The van der Waals surface area contributed by atoms with Crippen molar-refractivity contribution in [2.24, 2.45) is 0 Å². The number of hydrogen-bond acceptors (Lipinski definition) is 6. The number of ether oxygens (including phenoxy) is 1. The summed E-state index contributed by atoms with van der Waals surface area (Å²) in [6.45, 7) is 1.78. The number of esters is 1. The number of rotatable bonds is 4. The van der Waals surface area contributed by atoms with E-state index in [1.54, 1.807) is 6.92 Å². The summed E-state index contributed by atoms with van der Waals surface area (Å²) >= 11 is 2.04. The topological polar surface area (TPSA) is 82.6 Å². The van der Waals surface area contributed by atoms with Crippen molar-refractivity contribution in [3.05, 3.63) is 38.6 Å². The number of carbonyl (C=O) groups excluding carboxylic acids is 1. The van der Waals surface area contributed by atoms with Crippen molar-refractivity contribution in [2.45, 2.75) is 6.92 Å². The number of halogens is 1. The van der Waals surface area contributed by atoms with Gasteiger partial charge in [-0.1, -0.05) is 0 Å². The Morgan fingerprint density at radius 1 is 1.43 bits per heavy atom. The predicted octanol–water partition coefficient (Wildman–Crippen LogP) is 2.93. The van der Waals surface area contributed by atoms with Gasteiger partial charge in [0.15, 0.2) is 9.73 Å². The summed E-state index contributed by atoms with van der Waals surface area (Å²) in [5.41, 5.74) is 0.728. The van der Waals surface area contributed by atoms with Crippen LogP contribution in [-0.4, -0.2) is 26.8 Å². The van der Waals surface area contributed by atoms with Crippen molar-refractivity contribution in [3.8, 4) is 0 Å². The van der Waals surface area contributed by atoms with Crippen molar-refractivity contribution < 1.29 is 18.3 Å². The highest BCUT2D eigenvalue weighted by atomic mass is 79.9. The average molecular weight is 390 g/mol. The Labute approximate surface area is 136 Å². The molecule has 0 fully saturated rings. The first-order valence-electron chi connectivity index (χ1n) is 5.65. The van der Waals surface area contributed by atoms with Crippen LogP contribution in [0.5, 0.6) is 0 Å². The smallest absolute Gasteiger partial charge is 0.337 e. The lowest BCUT2D eigenvalue weighted by atomic mass is 10.2. The van der Waals surface area contributed by atoms with Crippen LogP contribution in [0, 0.1) is 6.92 Å². The average Bonchev–Trinajstić information content (AvgIpc) is 2.77. The van der Waals surface area contributed by atoms with Crippen molar-refractivity contribution in [3.63, 3.8) is 0 Å². The molecule has 21 heavy (non-hydrogen) atoms. The second-order valence-corrected chi connectivity index (χ2v) is 7.18. The molecule has 1 unspecified atom stereocenters. The first-order chi connectivity index (χ1) is 9.93. The SMILES string of the molecule is COC(=O)c1ccc(N(c2nc(Br)sc2C)S(=O)[O-])cc1. The molecule has 1 aromatic heterocycles. The molecule has 0 N–H and O–H groups in total. The van der Waals surface area contributed by atoms with Gasteiger partial charge in [0, 0.05) is 4.88 Å². The zero-order chi connectivity index (χ0) is 15.6. The third-order valence-electron chi connectivity index (χ3n) is 2.61. The maximum absolute atomic E-state index is 11.5. The molecule has 2 aromatic rings. The van der Waals surface area contributed by atoms with Crippen molar-refractivity contribution in [1.29, 1.82) is 0 Å². The van der Waals surface area contributed by atoms with Crippen molar-refractivity contribution >= 4 is 56.0 Å². The van der Waals surface area contributed by atoms with Crippen LogP contribution in [0.4, 0.5) is 11.5 Å². The summed E-state index contributed by atoms with van der Waals surface area (Å²) in [7, 11) is 1.28. The summed E-state index contributed by atoms with van der Waals surface area (Å²) in [4.78, 5) is 16.3. The van der Waals surface area contributed by atoms with E-state index in [9.17, 15) is 13.6 Å². The van der Waals surface area contributed by atoms with Crippen LogP contribution in [0.1, 0.15) is 15.2 Å². The van der Waals surface area contributed by atoms with E-state index in [2.05, 4.69) is 25.7 Å². The summed E-state index contributed by atoms with van der Waals surface area (Å²) in [6.07, 6.45) is 0. The number of benzene rings is 1. The van der Waals surface area contributed by atoms with Gasteiger partial charge in [-0.3, -0.25) is 8.51 Å². The zero-order valence-electron chi connectivity index (χ0n) is 11.0. The van der Waals surface area contributed by atoms with E-state index in [0.29, 0.717) is 21.0 Å². The Bertz CT molecular complexity index is 687. The molecule has 0 radical (unpaired) electrons. The third-order valence-corrected chi connectivity index (χ3v) is 4.70. The number of nitrogens with zero attached hydrogens (tertiary/aromatic N) is 2. The van der Waals surface area contributed by atoms with E-state index < -0.39 is 17.2 Å². The molecule has 0 bridgehead atoms. The number of thiazole rings is 1. The van der Waals surface area contributed by atoms with Gasteiger partial charge < -0.3 is 9.29 Å². The lowest BCUT2D eigenvalue weighted by molar-refractivity contribution is 0.0601. The lowest BCUT2D eigenvalue weighted by Crippen LogP contribution is -2.20. The minimum atomic E-state index is -2.53. The number of methoxy groups -OCH3 is 1. The van der Waals surface area contributed by atoms with Crippen molar-refractivity contribution in [1.82, 2.24) is 4.98 Å². The van der Waals surface area contributed by atoms with Gasteiger partial charge in [0.25, 0.3) is 0 Å². The number of carbonyl (C=O) groups is 1. The summed E-state index contributed by atoms with van der Waals surface area (Å²) in [5, 5.41) is 0. The van der Waals surface area contributed by atoms with E-state index in [-0.39, 0.29) is 0 Å². The van der Waals surface area contributed by atoms with E-state index in [1.807, 2.05) is 0 Å². The normalized spacial score (nSPS) is 12.0. The highest BCUT2D eigenvalue weighted by molar-refractivity contribution is 9.11. The molecule has 1 heterocycles. The summed E-state index contributed by atoms with van der Waals surface area (Å²) in [5.74, 6) is -0.157. The molecule has 0 saturated carbocycles. The quantitative estimate of drug-likeness (QED) is 0.592. The largest absolute Gasteiger partial charge is 0.755 e. The highest BCUT2D eigenvalue weighted by Gasteiger charge is 2.18. The molecule has 0 aliphatic carbocycles. The molecular formula is C12H10BrN2O4S2-. The molecule has 6 nitrogen and oxygen atoms in total.